The zero-order valence-corrected chi connectivity index (χ0v) is 36.6. The molecule has 4 heterocycles. The van der Waals surface area contributed by atoms with Crippen LogP contribution in [0.1, 0.15) is 85.5 Å². The summed E-state index contributed by atoms with van der Waals surface area (Å²) in [4.78, 5) is 56.0. The van der Waals surface area contributed by atoms with Crippen molar-refractivity contribution in [3.63, 3.8) is 0 Å². The lowest BCUT2D eigenvalue weighted by Gasteiger charge is -2.44. The predicted molar refractivity (Wildman–Crippen MR) is 237 cm³/mol. The molecule has 0 spiro atoms. The first-order valence-electron chi connectivity index (χ1n) is 20.9. The third-order valence-corrected chi connectivity index (χ3v) is 12.0. The van der Waals surface area contributed by atoms with Crippen LogP contribution < -0.4 is 15.0 Å². The second kappa shape index (κ2) is 18.5. The summed E-state index contributed by atoms with van der Waals surface area (Å²) in [6, 6.07) is 24.0. The second-order valence-corrected chi connectivity index (χ2v) is 17.8. The molecule has 60 heavy (non-hydrogen) atoms. The number of amides is 1. The molecule has 2 aliphatic rings. The van der Waals surface area contributed by atoms with Crippen molar-refractivity contribution in [3.8, 4) is 16.9 Å². The molecule has 1 saturated heterocycles. The fraction of sp³-hybridized carbons (Fsp3) is 0.426. The van der Waals surface area contributed by atoms with Crippen LogP contribution >= 0.6 is 11.3 Å². The van der Waals surface area contributed by atoms with Crippen molar-refractivity contribution in [1.29, 1.82) is 0 Å². The quantitative estimate of drug-likeness (QED) is 0.0913. The second-order valence-electron chi connectivity index (χ2n) is 16.7. The molecule has 2 aromatic heterocycles. The Morgan fingerprint density at radius 2 is 1.70 bits per heavy atom. The van der Waals surface area contributed by atoms with Gasteiger partial charge in [-0.05, 0) is 126 Å². The summed E-state index contributed by atoms with van der Waals surface area (Å²) < 4.78 is 18.3. The number of thiazole rings is 1. The van der Waals surface area contributed by atoms with E-state index in [4.69, 9.17) is 19.2 Å². The van der Waals surface area contributed by atoms with E-state index in [1.807, 2.05) is 101 Å². The number of pyridine rings is 1. The topological polar surface area (TPSA) is 126 Å². The molecule has 316 valence electrons. The number of nitrogens with zero attached hydrogens (tertiary/aromatic N) is 5. The number of aryl methyl sites for hydroxylation is 1. The highest BCUT2D eigenvalue weighted by Crippen LogP contribution is 2.34. The number of anilines is 2. The Hall–Kier alpha value is -5.37. The van der Waals surface area contributed by atoms with E-state index in [9.17, 15) is 14.4 Å². The molecule has 0 radical (unpaired) electrons. The normalized spacial score (nSPS) is 17.3. The number of piperazine rings is 1. The van der Waals surface area contributed by atoms with Gasteiger partial charge in [-0.15, -0.1) is 0 Å². The maximum Gasteiger partial charge on any atom is 0.358 e. The molecule has 0 saturated carbocycles. The highest BCUT2D eigenvalue weighted by Gasteiger charge is 2.31. The van der Waals surface area contributed by atoms with Gasteiger partial charge in [0.05, 0.1) is 30.0 Å². The molecule has 0 bridgehead atoms. The molecule has 13 heteroatoms. The number of esters is 2. The summed E-state index contributed by atoms with van der Waals surface area (Å²) >= 11 is 1.45. The molecule has 5 aromatic rings. The van der Waals surface area contributed by atoms with Crippen LogP contribution in [0.25, 0.3) is 21.3 Å². The molecule has 12 nitrogen and oxygen atoms in total. The number of para-hydroxylation sites is 1. The van der Waals surface area contributed by atoms with Gasteiger partial charge in [-0.3, -0.25) is 19.8 Å². The van der Waals surface area contributed by atoms with Crippen molar-refractivity contribution in [1.82, 2.24) is 19.8 Å². The Balaban J connectivity index is 1.03. The van der Waals surface area contributed by atoms with Crippen LogP contribution in [0.5, 0.6) is 5.75 Å². The maximum atomic E-state index is 13.9. The van der Waals surface area contributed by atoms with Crippen LogP contribution in [-0.2, 0) is 27.2 Å². The minimum Gasteiger partial charge on any atom is -0.494 e. The van der Waals surface area contributed by atoms with E-state index in [1.54, 1.807) is 0 Å². The number of nitrogens with one attached hydrogen (secondary N) is 1. The minimum absolute atomic E-state index is 0.169. The molecular formula is C47H56N6O6S. The van der Waals surface area contributed by atoms with Crippen molar-refractivity contribution in [2.24, 2.45) is 0 Å². The summed E-state index contributed by atoms with van der Waals surface area (Å²) in [5.74, 6) is 0.514. The predicted octanol–water partition coefficient (Wildman–Crippen LogP) is 8.16. The summed E-state index contributed by atoms with van der Waals surface area (Å²) in [5, 5.41) is 3.58. The summed E-state index contributed by atoms with van der Waals surface area (Å²) in [6.07, 6.45) is 1.58. The average Bonchev–Trinajstić information content (AvgIpc) is 3.62. The van der Waals surface area contributed by atoms with Crippen molar-refractivity contribution in [2.75, 3.05) is 56.2 Å². The molecule has 1 N–H and O–H groups in total. The van der Waals surface area contributed by atoms with Gasteiger partial charge in [-0.25, -0.2) is 14.8 Å². The lowest BCUT2D eigenvalue weighted by molar-refractivity contribution is -0.146. The van der Waals surface area contributed by atoms with Gasteiger partial charge in [0.25, 0.3) is 5.91 Å². The van der Waals surface area contributed by atoms with Crippen molar-refractivity contribution >= 4 is 50.3 Å². The smallest absolute Gasteiger partial charge is 0.358 e. The number of benzene rings is 3. The van der Waals surface area contributed by atoms with Crippen molar-refractivity contribution < 1.29 is 28.6 Å². The fourth-order valence-corrected chi connectivity index (χ4v) is 9.09. The number of rotatable bonds is 13. The van der Waals surface area contributed by atoms with Gasteiger partial charge in [-0.1, -0.05) is 41.7 Å². The summed E-state index contributed by atoms with van der Waals surface area (Å²) in [5.41, 5.74) is 5.48. The van der Waals surface area contributed by atoms with Crippen molar-refractivity contribution in [3.05, 3.63) is 101 Å². The number of aromatic nitrogens is 2. The van der Waals surface area contributed by atoms with E-state index in [-0.39, 0.29) is 29.7 Å². The van der Waals surface area contributed by atoms with Gasteiger partial charge in [0.1, 0.15) is 17.2 Å². The first kappa shape index (κ1) is 42.7. The Morgan fingerprint density at radius 3 is 2.43 bits per heavy atom. The van der Waals surface area contributed by atoms with Gasteiger partial charge in [0, 0.05) is 55.9 Å². The van der Waals surface area contributed by atoms with Crippen LogP contribution in [0.2, 0.25) is 0 Å². The molecule has 7 rings (SSSR count). The SMILES string of the molecule is CCOC(=O)CN1[C@H](C)CN(CCCOc2ccc(-c3ccc(N4CCc5cccc(C(=O)Nc6nc7ccccc7s6)c5C4)nc3C(=O)OC(C)(C)C)c(C)c2)C[C@@H]1C. The van der Waals surface area contributed by atoms with Crippen LogP contribution in [0.4, 0.5) is 10.9 Å². The van der Waals surface area contributed by atoms with Gasteiger partial charge in [0.2, 0.25) is 0 Å². The van der Waals surface area contributed by atoms with Crippen LogP contribution in [-0.4, -0.2) is 101 Å². The molecule has 1 amide bonds. The number of hydrogen-bond acceptors (Lipinski definition) is 12. The number of carbonyl (C=O) groups is 3. The van der Waals surface area contributed by atoms with E-state index in [1.165, 1.54) is 11.3 Å². The number of ether oxygens (including phenoxy) is 3. The fourth-order valence-electron chi connectivity index (χ4n) is 8.23. The average molecular weight is 833 g/mol. The Labute approximate surface area is 356 Å². The van der Waals surface area contributed by atoms with Crippen molar-refractivity contribution in [2.45, 2.75) is 85.5 Å². The highest BCUT2D eigenvalue weighted by atomic mass is 32.1. The molecule has 0 unspecified atom stereocenters. The Morgan fingerprint density at radius 1 is 0.933 bits per heavy atom. The zero-order valence-electron chi connectivity index (χ0n) is 35.7. The Bertz CT molecular complexity index is 2310. The molecule has 2 aliphatic heterocycles. The van der Waals surface area contributed by atoms with E-state index in [2.05, 4.69) is 44.9 Å². The number of fused-ring (bicyclic) bond motifs is 2. The first-order chi connectivity index (χ1) is 28.8. The lowest BCUT2D eigenvalue weighted by atomic mass is 9.94. The number of hydrogen-bond donors (Lipinski definition) is 1. The Kier molecular flexibility index (Phi) is 13.2. The molecular weight excluding hydrogens is 777 g/mol. The standard InChI is InChI=1S/C47H56N6O6S/c1-8-57-42(54)29-53-31(3)26-51(27-32(53)4)22-12-24-58-34-17-18-35(30(2)25-34)36-19-20-41(49-43(36)45(56)59-47(5,6)7)52-23-21-33-13-11-14-37(38(33)28-52)44(55)50-46-48-39-15-9-10-16-40(39)60-46/h9-11,13-20,25,31-32H,8,12,21-24,26-29H2,1-7H3,(H,48,50,55)/t31-,32+. The summed E-state index contributed by atoms with van der Waals surface area (Å²) in [6.45, 7) is 18.8. The van der Waals surface area contributed by atoms with E-state index < -0.39 is 11.6 Å². The van der Waals surface area contributed by atoms with Crippen LogP contribution in [0.3, 0.4) is 0 Å². The van der Waals surface area contributed by atoms with Gasteiger partial charge >= 0.3 is 11.9 Å². The van der Waals surface area contributed by atoms with Gasteiger partial charge < -0.3 is 24.0 Å². The number of carbonyl (C=O) groups excluding carboxylic acids is 3. The minimum atomic E-state index is -0.722. The monoisotopic (exact) mass is 832 g/mol. The molecule has 0 aliphatic carbocycles. The van der Waals surface area contributed by atoms with E-state index in [0.717, 1.165) is 70.7 Å². The van der Waals surface area contributed by atoms with E-state index in [0.29, 0.717) is 54.9 Å². The molecule has 2 atom stereocenters. The highest BCUT2D eigenvalue weighted by molar-refractivity contribution is 7.22. The summed E-state index contributed by atoms with van der Waals surface area (Å²) in [7, 11) is 0. The van der Waals surface area contributed by atoms with Gasteiger partial charge in [0.15, 0.2) is 10.8 Å². The largest absolute Gasteiger partial charge is 0.494 e. The third kappa shape index (κ3) is 10.1. The van der Waals surface area contributed by atoms with E-state index >= 15 is 0 Å². The molecule has 1 fully saturated rings. The lowest BCUT2D eigenvalue weighted by Crippen LogP contribution is -2.58. The van der Waals surface area contributed by atoms with Crippen LogP contribution in [0, 0.1) is 6.92 Å². The maximum absolute atomic E-state index is 13.9. The molecule has 3 aromatic carbocycles. The van der Waals surface area contributed by atoms with Crippen LogP contribution in [0.15, 0.2) is 72.8 Å². The third-order valence-electron chi connectivity index (χ3n) is 11.0. The zero-order chi connectivity index (χ0) is 42.6. The first-order valence-corrected chi connectivity index (χ1v) is 21.7. The van der Waals surface area contributed by atoms with Gasteiger partial charge in [-0.2, -0.15) is 0 Å².